The zero-order valence-corrected chi connectivity index (χ0v) is 12.2. The van der Waals surface area contributed by atoms with Gasteiger partial charge >= 0.3 is 0 Å². The molecular formula is C14H22N2OS. The molecular weight excluding hydrogens is 244 g/mol. The van der Waals surface area contributed by atoms with Crippen LogP contribution in [0.1, 0.15) is 19.4 Å². The maximum Gasteiger partial charge on any atom is 0.120 e. The van der Waals surface area contributed by atoms with Crippen molar-refractivity contribution in [3.8, 4) is 5.75 Å². The van der Waals surface area contributed by atoms with Crippen molar-refractivity contribution in [1.82, 2.24) is 4.90 Å². The molecule has 3 nitrogen and oxygen atoms in total. The number of ether oxygens (including phenoxy) is 1. The number of nitrogens with zero attached hydrogens (tertiary/aromatic N) is 1. The smallest absolute Gasteiger partial charge is 0.120 e. The molecule has 1 aromatic carbocycles. The van der Waals surface area contributed by atoms with E-state index in [2.05, 4.69) is 36.6 Å². The number of rotatable bonds is 3. The van der Waals surface area contributed by atoms with Gasteiger partial charge in [-0.05, 0) is 25.5 Å². The standard InChI is InChI=1S/C14H22N2OS/c1-14(2)10-16(6-7-18-14)9-11-4-5-12(17-3)8-13(11)15/h4-5,8H,6-7,9-10,15H2,1-3H3. The Bertz CT molecular complexity index is 420. The van der Waals surface area contributed by atoms with Crippen LogP contribution in [0, 0.1) is 0 Å². The van der Waals surface area contributed by atoms with E-state index in [1.165, 1.54) is 11.3 Å². The van der Waals surface area contributed by atoms with Crippen LogP contribution in [0.5, 0.6) is 5.75 Å². The second kappa shape index (κ2) is 5.41. The summed E-state index contributed by atoms with van der Waals surface area (Å²) in [5, 5.41) is 0. The minimum Gasteiger partial charge on any atom is -0.497 e. The summed E-state index contributed by atoms with van der Waals surface area (Å²) in [6.07, 6.45) is 0. The highest BCUT2D eigenvalue weighted by Crippen LogP contribution is 2.31. The zero-order valence-electron chi connectivity index (χ0n) is 11.4. The van der Waals surface area contributed by atoms with E-state index in [-0.39, 0.29) is 0 Å². The maximum absolute atomic E-state index is 6.07. The van der Waals surface area contributed by atoms with Gasteiger partial charge in [-0.25, -0.2) is 0 Å². The Labute approximate surface area is 114 Å². The molecule has 2 N–H and O–H groups in total. The molecule has 1 heterocycles. The van der Waals surface area contributed by atoms with E-state index in [9.17, 15) is 0 Å². The normalized spacial score (nSPS) is 19.7. The first-order chi connectivity index (χ1) is 8.50. The number of methoxy groups -OCH3 is 1. The molecule has 0 bridgehead atoms. The number of nitrogens with two attached hydrogens (primary N) is 1. The molecule has 0 spiro atoms. The largest absolute Gasteiger partial charge is 0.497 e. The van der Waals surface area contributed by atoms with E-state index in [4.69, 9.17) is 10.5 Å². The van der Waals surface area contributed by atoms with Crippen LogP contribution in [0.4, 0.5) is 5.69 Å². The summed E-state index contributed by atoms with van der Waals surface area (Å²) in [5.41, 5.74) is 8.09. The van der Waals surface area contributed by atoms with Crippen LogP contribution in [-0.2, 0) is 6.54 Å². The number of anilines is 1. The first-order valence-corrected chi connectivity index (χ1v) is 7.27. The molecule has 0 radical (unpaired) electrons. The average Bonchev–Trinajstić information content (AvgIpc) is 2.30. The van der Waals surface area contributed by atoms with Gasteiger partial charge in [-0.15, -0.1) is 0 Å². The highest BCUT2D eigenvalue weighted by Gasteiger charge is 2.27. The third kappa shape index (κ3) is 3.33. The monoisotopic (exact) mass is 266 g/mol. The minimum absolute atomic E-state index is 0.347. The molecule has 0 aromatic heterocycles. The van der Waals surface area contributed by atoms with Crippen LogP contribution in [-0.4, -0.2) is 35.6 Å². The minimum atomic E-state index is 0.347. The summed E-state index contributed by atoms with van der Waals surface area (Å²) in [6, 6.07) is 5.96. The number of nitrogen functional groups attached to an aromatic ring is 1. The summed E-state index contributed by atoms with van der Waals surface area (Å²) in [4.78, 5) is 2.48. The van der Waals surface area contributed by atoms with E-state index >= 15 is 0 Å². The summed E-state index contributed by atoms with van der Waals surface area (Å²) >= 11 is 2.05. The lowest BCUT2D eigenvalue weighted by Gasteiger charge is -2.37. The SMILES string of the molecule is COc1ccc(CN2CCSC(C)(C)C2)c(N)c1. The van der Waals surface area contributed by atoms with Crippen molar-refractivity contribution in [2.24, 2.45) is 0 Å². The molecule has 0 aliphatic carbocycles. The van der Waals surface area contributed by atoms with Crippen molar-refractivity contribution in [1.29, 1.82) is 0 Å². The Morgan fingerprint density at radius 2 is 2.22 bits per heavy atom. The number of thioether (sulfide) groups is 1. The van der Waals surface area contributed by atoms with Crippen molar-refractivity contribution in [2.75, 3.05) is 31.7 Å². The predicted octanol–water partition coefficient (Wildman–Crippen LogP) is 2.60. The molecule has 100 valence electrons. The molecule has 0 unspecified atom stereocenters. The van der Waals surface area contributed by atoms with E-state index in [0.29, 0.717) is 4.75 Å². The molecule has 0 atom stereocenters. The highest BCUT2D eigenvalue weighted by molar-refractivity contribution is 8.00. The number of benzene rings is 1. The molecule has 0 amide bonds. The molecule has 18 heavy (non-hydrogen) atoms. The van der Waals surface area contributed by atoms with Crippen molar-refractivity contribution >= 4 is 17.4 Å². The van der Waals surface area contributed by atoms with Gasteiger partial charge in [0.2, 0.25) is 0 Å². The number of hydrogen-bond acceptors (Lipinski definition) is 4. The summed E-state index contributed by atoms with van der Waals surface area (Å²) < 4.78 is 5.52. The highest BCUT2D eigenvalue weighted by atomic mass is 32.2. The van der Waals surface area contributed by atoms with E-state index in [0.717, 1.165) is 31.1 Å². The van der Waals surface area contributed by atoms with Crippen LogP contribution >= 0.6 is 11.8 Å². The number of hydrogen-bond donors (Lipinski definition) is 1. The lowest BCUT2D eigenvalue weighted by atomic mass is 10.1. The molecule has 1 saturated heterocycles. The van der Waals surface area contributed by atoms with E-state index in [1.807, 2.05) is 12.1 Å². The lowest BCUT2D eigenvalue weighted by Crippen LogP contribution is -2.42. The van der Waals surface area contributed by atoms with Crippen LogP contribution < -0.4 is 10.5 Å². The Morgan fingerprint density at radius 3 is 2.83 bits per heavy atom. The van der Waals surface area contributed by atoms with Gasteiger partial charge in [-0.1, -0.05) is 6.07 Å². The topological polar surface area (TPSA) is 38.5 Å². The summed E-state index contributed by atoms with van der Waals surface area (Å²) in [5.74, 6) is 2.02. The quantitative estimate of drug-likeness (QED) is 0.854. The lowest BCUT2D eigenvalue weighted by molar-refractivity contribution is 0.253. The Morgan fingerprint density at radius 1 is 1.44 bits per heavy atom. The van der Waals surface area contributed by atoms with Gasteiger partial charge in [0.15, 0.2) is 0 Å². The fourth-order valence-corrected chi connectivity index (χ4v) is 3.51. The third-order valence-corrected chi connectivity index (χ3v) is 4.55. The van der Waals surface area contributed by atoms with Crippen molar-refractivity contribution < 1.29 is 4.74 Å². The third-order valence-electron chi connectivity index (χ3n) is 3.25. The van der Waals surface area contributed by atoms with Gasteiger partial charge in [-0.3, -0.25) is 4.90 Å². The van der Waals surface area contributed by atoms with Gasteiger partial charge in [0.25, 0.3) is 0 Å². The van der Waals surface area contributed by atoms with Gasteiger partial charge in [0, 0.05) is 41.9 Å². The maximum atomic E-state index is 6.07. The molecule has 1 aliphatic rings. The van der Waals surface area contributed by atoms with Crippen molar-refractivity contribution in [2.45, 2.75) is 25.1 Å². The molecule has 2 rings (SSSR count). The Hall–Kier alpha value is -0.870. The van der Waals surface area contributed by atoms with E-state index in [1.54, 1.807) is 7.11 Å². The van der Waals surface area contributed by atoms with Crippen LogP contribution in [0.25, 0.3) is 0 Å². The molecule has 0 saturated carbocycles. The Balaban J connectivity index is 2.05. The first-order valence-electron chi connectivity index (χ1n) is 6.29. The van der Waals surface area contributed by atoms with Crippen LogP contribution in [0.15, 0.2) is 18.2 Å². The fraction of sp³-hybridized carbons (Fsp3) is 0.571. The van der Waals surface area contributed by atoms with Gasteiger partial charge in [0.05, 0.1) is 7.11 Å². The summed E-state index contributed by atoms with van der Waals surface area (Å²) in [7, 11) is 1.67. The van der Waals surface area contributed by atoms with Gasteiger partial charge in [-0.2, -0.15) is 11.8 Å². The Kier molecular flexibility index (Phi) is 4.07. The second-order valence-electron chi connectivity index (χ2n) is 5.38. The van der Waals surface area contributed by atoms with Crippen LogP contribution in [0.2, 0.25) is 0 Å². The van der Waals surface area contributed by atoms with Gasteiger partial charge in [0.1, 0.15) is 5.75 Å². The molecule has 1 aliphatic heterocycles. The van der Waals surface area contributed by atoms with Crippen molar-refractivity contribution in [3.63, 3.8) is 0 Å². The van der Waals surface area contributed by atoms with Crippen molar-refractivity contribution in [3.05, 3.63) is 23.8 Å². The molecule has 1 aromatic rings. The fourth-order valence-electron chi connectivity index (χ4n) is 2.33. The molecule has 4 heteroatoms. The van der Waals surface area contributed by atoms with E-state index < -0.39 is 0 Å². The first kappa shape index (κ1) is 13.6. The zero-order chi connectivity index (χ0) is 13.2. The summed E-state index contributed by atoms with van der Waals surface area (Å²) in [6.45, 7) is 7.80. The molecule has 1 fully saturated rings. The van der Waals surface area contributed by atoms with Crippen LogP contribution in [0.3, 0.4) is 0 Å². The second-order valence-corrected chi connectivity index (χ2v) is 7.19. The van der Waals surface area contributed by atoms with Gasteiger partial charge < -0.3 is 10.5 Å². The predicted molar refractivity (Wildman–Crippen MR) is 79.2 cm³/mol. The average molecular weight is 266 g/mol.